The summed E-state index contributed by atoms with van der Waals surface area (Å²) in [5.41, 5.74) is 7.16. The molecule has 1 fully saturated rings. The molecule has 2 aromatic heterocycles. The van der Waals surface area contributed by atoms with Crippen LogP contribution in [0.5, 0.6) is 0 Å². The number of thiazole rings is 1. The van der Waals surface area contributed by atoms with Crippen molar-refractivity contribution in [3.05, 3.63) is 57.2 Å². The number of hydrogen-bond donors (Lipinski definition) is 1. The minimum absolute atomic E-state index is 0.0407. The number of carboxylic acid groups (broad SMARTS) is 1. The molecule has 0 bridgehead atoms. The Morgan fingerprint density at radius 1 is 1.05 bits per heavy atom. The summed E-state index contributed by atoms with van der Waals surface area (Å²) >= 11 is 1.74. The topological polar surface area (TPSA) is 88.3 Å². The maximum atomic E-state index is 13.0. The van der Waals surface area contributed by atoms with E-state index in [1.165, 1.54) is 34.5 Å². The summed E-state index contributed by atoms with van der Waals surface area (Å²) in [5.74, 6) is -0.414. The Hall–Kier alpha value is -3.00. The second kappa shape index (κ2) is 10.5. The maximum absolute atomic E-state index is 13.0. The first-order chi connectivity index (χ1) is 18.4. The van der Waals surface area contributed by atoms with Crippen molar-refractivity contribution in [2.45, 2.75) is 96.4 Å². The highest BCUT2D eigenvalue weighted by Gasteiger charge is 2.37. The fraction of sp³-hybridized carbons (Fsp3) is 0.548. The van der Waals surface area contributed by atoms with E-state index in [2.05, 4.69) is 56.4 Å². The number of nitrogens with zero attached hydrogens (tertiary/aromatic N) is 4. The third-order valence-electron chi connectivity index (χ3n) is 8.78. The number of aryl methyl sites for hydroxylation is 2. The Morgan fingerprint density at radius 3 is 2.44 bits per heavy atom. The van der Waals surface area contributed by atoms with Crippen molar-refractivity contribution in [1.29, 1.82) is 0 Å². The zero-order valence-electron chi connectivity index (χ0n) is 23.8. The lowest BCUT2D eigenvalue weighted by atomic mass is 9.63. The van der Waals surface area contributed by atoms with Crippen LogP contribution in [0.15, 0.2) is 29.6 Å². The van der Waals surface area contributed by atoms with Crippen LogP contribution in [0.1, 0.15) is 93.2 Å². The van der Waals surface area contributed by atoms with E-state index in [4.69, 9.17) is 10.1 Å². The molecule has 8 heteroatoms. The summed E-state index contributed by atoms with van der Waals surface area (Å²) in [6.45, 7) is 13.0. The number of carbonyl (C=O) groups excluding carboxylic acids is 1. The van der Waals surface area contributed by atoms with Gasteiger partial charge in [-0.05, 0) is 66.7 Å². The van der Waals surface area contributed by atoms with Crippen LogP contribution in [-0.4, -0.2) is 49.7 Å². The molecule has 0 unspecified atom stereocenters. The standard InChI is InChI=1S/C31H40N4O3S/c1-20-16-23(7-9-28(37)38)33-35(20)18-27(36)34-14-10-21(11-15-34)29-32-26(19-39-29)22-6-8-24-25(17-22)31(4,5)13-12-30(24,2)3/h6,8,16-17,19,21H,7,9-15,18H2,1-5H3,(H,37,38). The molecule has 0 spiro atoms. The summed E-state index contributed by atoms with van der Waals surface area (Å²) < 4.78 is 1.69. The molecule has 0 atom stereocenters. The molecular weight excluding hydrogens is 508 g/mol. The Kier molecular flexibility index (Phi) is 7.44. The second-order valence-electron chi connectivity index (χ2n) is 12.6. The molecule has 7 nitrogen and oxygen atoms in total. The Bertz CT molecular complexity index is 1380. The van der Waals surface area contributed by atoms with Gasteiger partial charge in [0.1, 0.15) is 6.54 Å². The van der Waals surface area contributed by atoms with E-state index < -0.39 is 5.97 Å². The minimum atomic E-state index is -0.843. The van der Waals surface area contributed by atoms with E-state index in [1.807, 2.05) is 17.9 Å². The van der Waals surface area contributed by atoms with Gasteiger partial charge in [-0.25, -0.2) is 4.98 Å². The SMILES string of the molecule is Cc1cc(CCC(=O)O)nn1CC(=O)N1CCC(c2nc(-c3ccc4c(c3)C(C)(C)CCC4(C)C)cs2)CC1. The van der Waals surface area contributed by atoms with Gasteiger partial charge in [0.05, 0.1) is 22.8 Å². The quantitative estimate of drug-likeness (QED) is 0.386. The number of piperidine rings is 1. The van der Waals surface area contributed by atoms with Crippen molar-refractivity contribution in [2.75, 3.05) is 13.1 Å². The number of rotatable bonds is 7. The molecule has 1 aliphatic heterocycles. The molecule has 5 rings (SSSR count). The van der Waals surface area contributed by atoms with Crippen molar-refractivity contribution in [1.82, 2.24) is 19.7 Å². The summed E-state index contributed by atoms with van der Waals surface area (Å²) in [6, 6.07) is 8.81. The average molecular weight is 549 g/mol. The van der Waals surface area contributed by atoms with Crippen LogP contribution in [0.3, 0.4) is 0 Å². The van der Waals surface area contributed by atoms with Crippen molar-refractivity contribution < 1.29 is 14.7 Å². The van der Waals surface area contributed by atoms with Crippen molar-refractivity contribution >= 4 is 23.2 Å². The average Bonchev–Trinajstić information content (AvgIpc) is 3.53. The van der Waals surface area contributed by atoms with E-state index in [0.717, 1.165) is 24.2 Å². The molecule has 1 aromatic carbocycles. The number of carboxylic acids is 1. The summed E-state index contributed by atoms with van der Waals surface area (Å²) in [4.78, 5) is 30.9. The van der Waals surface area contributed by atoms with E-state index in [1.54, 1.807) is 16.0 Å². The van der Waals surface area contributed by atoms with E-state index in [-0.39, 0.29) is 29.7 Å². The van der Waals surface area contributed by atoms with Crippen LogP contribution < -0.4 is 0 Å². The molecule has 0 radical (unpaired) electrons. The van der Waals surface area contributed by atoms with E-state index >= 15 is 0 Å². The van der Waals surface area contributed by atoms with Gasteiger partial charge in [-0.2, -0.15) is 5.10 Å². The fourth-order valence-electron chi connectivity index (χ4n) is 6.06. The van der Waals surface area contributed by atoms with Gasteiger partial charge in [-0.15, -0.1) is 11.3 Å². The predicted octanol–water partition coefficient (Wildman–Crippen LogP) is 6.09. The molecule has 0 saturated carbocycles. The fourth-order valence-corrected chi connectivity index (χ4v) is 7.06. The molecule has 39 heavy (non-hydrogen) atoms. The normalized spacial score (nSPS) is 18.6. The van der Waals surface area contributed by atoms with Crippen molar-refractivity contribution in [2.24, 2.45) is 0 Å². The van der Waals surface area contributed by atoms with Crippen LogP contribution in [0, 0.1) is 6.92 Å². The van der Waals surface area contributed by atoms with Gasteiger partial charge in [0.15, 0.2) is 0 Å². The second-order valence-corrected chi connectivity index (χ2v) is 13.5. The number of amides is 1. The van der Waals surface area contributed by atoms with Gasteiger partial charge in [0.25, 0.3) is 0 Å². The van der Waals surface area contributed by atoms with Gasteiger partial charge < -0.3 is 10.0 Å². The zero-order valence-corrected chi connectivity index (χ0v) is 24.6. The number of carbonyl (C=O) groups is 2. The molecule has 1 aliphatic carbocycles. The van der Waals surface area contributed by atoms with E-state index in [9.17, 15) is 9.59 Å². The Labute approximate surface area is 235 Å². The molecule has 1 N–H and O–H groups in total. The molecule has 3 aromatic rings. The number of fused-ring (bicyclic) bond motifs is 1. The maximum Gasteiger partial charge on any atom is 0.303 e. The van der Waals surface area contributed by atoms with Gasteiger partial charge in [-0.3, -0.25) is 14.3 Å². The van der Waals surface area contributed by atoms with Gasteiger partial charge in [-0.1, -0.05) is 39.8 Å². The van der Waals surface area contributed by atoms with Crippen molar-refractivity contribution in [3.63, 3.8) is 0 Å². The lowest BCUT2D eigenvalue weighted by Crippen LogP contribution is -2.40. The first-order valence-corrected chi connectivity index (χ1v) is 14.9. The number of benzene rings is 1. The van der Waals surface area contributed by atoms with Crippen LogP contribution in [0.25, 0.3) is 11.3 Å². The van der Waals surface area contributed by atoms with Crippen molar-refractivity contribution in [3.8, 4) is 11.3 Å². The molecule has 1 saturated heterocycles. The first kappa shape index (κ1) is 27.6. The Balaban J connectivity index is 1.21. The molecule has 1 amide bonds. The van der Waals surface area contributed by atoms with Gasteiger partial charge in [0.2, 0.25) is 5.91 Å². The highest BCUT2D eigenvalue weighted by molar-refractivity contribution is 7.10. The summed E-state index contributed by atoms with van der Waals surface area (Å²) in [7, 11) is 0. The summed E-state index contributed by atoms with van der Waals surface area (Å²) in [6.07, 6.45) is 4.64. The number of likely N-dealkylation sites (tertiary alicyclic amines) is 1. The zero-order chi connectivity index (χ0) is 27.9. The third-order valence-corrected chi connectivity index (χ3v) is 9.79. The summed E-state index contributed by atoms with van der Waals surface area (Å²) in [5, 5.41) is 16.7. The monoisotopic (exact) mass is 548 g/mol. The van der Waals surface area contributed by atoms with Crippen LogP contribution in [-0.2, 0) is 33.4 Å². The van der Waals surface area contributed by atoms with Crippen LogP contribution in [0.4, 0.5) is 0 Å². The largest absolute Gasteiger partial charge is 0.481 e. The molecule has 2 aliphatic rings. The van der Waals surface area contributed by atoms with Gasteiger partial charge in [0, 0.05) is 42.1 Å². The lowest BCUT2D eigenvalue weighted by Gasteiger charge is -2.42. The van der Waals surface area contributed by atoms with Crippen LogP contribution >= 0.6 is 11.3 Å². The number of aromatic nitrogens is 3. The van der Waals surface area contributed by atoms with Crippen LogP contribution in [0.2, 0.25) is 0 Å². The number of hydrogen-bond acceptors (Lipinski definition) is 5. The molecular formula is C31H40N4O3S. The highest BCUT2D eigenvalue weighted by atomic mass is 32.1. The van der Waals surface area contributed by atoms with Gasteiger partial charge >= 0.3 is 5.97 Å². The molecule has 208 valence electrons. The smallest absolute Gasteiger partial charge is 0.303 e. The predicted molar refractivity (Wildman–Crippen MR) is 154 cm³/mol. The van der Waals surface area contributed by atoms with E-state index in [0.29, 0.717) is 31.1 Å². The highest BCUT2D eigenvalue weighted by Crippen LogP contribution is 2.47. The number of aliphatic carboxylic acids is 1. The first-order valence-electron chi connectivity index (χ1n) is 14.1. The Morgan fingerprint density at radius 2 is 1.74 bits per heavy atom. The minimum Gasteiger partial charge on any atom is -0.481 e. The molecule has 3 heterocycles. The third kappa shape index (κ3) is 5.81. The lowest BCUT2D eigenvalue weighted by molar-refractivity contribution is -0.137.